The molecule has 4 nitrogen and oxygen atoms in total. The van der Waals surface area contributed by atoms with Crippen LogP contribution in [0.1, 0.15) is 23.4 Å². The summed E-state index contributed by atoms with van der Waals surface area (Å²) in [6.45, 7) is 5.02. The number of benzene rings is 2. The number of thioether (sulfide) groups is 1. The summed E-state index contributed by atoms with van der Waals surface area (Å²) in [6.07, 6.45) is 0. The van der Waals surface area contributed by atoms with E-state index in [0.717, 1.165) is 11.3 Å². The van der Waals surface area contributed by atoms with Crippen LogP contribution in [-0.2, 0) is 10.0 Å². The molecule has 0 spiro atoms. The van der Waals surface area contributed by atoms with Gasteiger partial charge in [-0.3, -0.25) is 0 Å². The van der Waals surface area contributed by atoms with Crippen molar-refractivity contribution >= 4 is 21.8 Å². The summed E-state index contributed by atoms with van der Waals surface area (Å²) in [4.78, 5) is 0.311. The fourth-order valence-corrected chi connectivity index (χ4v) is 5.95. The fraction of sp³-hybridized carbons (Fsp3) is 0.333. The van der Waals surface area contributed by atoms with Gasteiger partial charge < -0.3 is 4.74 Å². The molecule has 128 valence electrons. The van der Waals surface area contributed by atoms with Crippen LogP contribution in [-0.4, -0.2) is 31.6 Å². The number of nitrogens with zero attached hydrogens (tertiary/aromatic N) is 1. The highest BCUT2D eigenvalue weighted by molar-refractivity contribution is 8.01. The molecule has 1 fully saturated rings. The molecular weight excluding hydrogens is 342 g/mol. The summed E-state index contributed by atoms with van der Waals surface area (Å²) in [6, 6.07) is 14.7. The second kappa shape index (κ2) is 7.17. The number of hydrogen-bond donors (Lipinski definition) is 0. The van der Waals surface area contributed by atoms with Crippen molar-refractivity contribution in [2.24, 2.45) is 0 Å². The van der Waals surface area contributed by atoms with E-state index in [4.69, 9.17) is 4.74 Å². The average molecular weight is 364 g/mol. The molecule has 1 aliphatic heterocycles. The molecule has 2 aromatic carbocycles. The van der Waals surface area contributed by atoms with Crippen molar-refractivity contribution in [3.05, 3.63) is 59.7 Å². The fourth-order valence-electron chi connectivity index (χ4n) is 2.70. The van der Waals surface area contributed by atoms with Gasteiger partial charge in [0.2, 0.25) is 10.0 Å². The van der Waals surface area contributed by atoms with Gasteiger partial charge in [-0.05, 0) is 43.7 Å². The Hall–Kier alpha value is -1.50. The highest BCUT2D eigenvalue weighted by Gasteiger charge is 2.36. The lowest BCUT2D eigenvalue weighted by Gasteiger charge is -2.23. The third-order valence-corrected chi connectivity index (χ3v) is 7.23. The molecule has 6 heteroatoms. The van der Waals surface area contributed by atoms with Crippen molar-refractivity contribution in [2.45, 2.75) is 24.1 Å². The Labute approximate surface area is 147 Å². The van der Waals surface area contributed by atoms with E-state index in [1.54, 1.807) is 40.3 Å². The summed E-state index contributed by atoms with van der Waals surface area (Å²) in [5.74, 6) is 1.48. The first-order valence-corrected chi connectivity index (χ1v) is 10.4. The van der Waals surface area contributed by atoms with E-state index in [9.17, 15) is 8.42 Å². The number of ether oxygens (including phenoxy) is 1. The molecule has 24 heavy (non-hydrogen) atoms. The van der Waals surface area contributed by atoms with Gasteiger partial charge in [-0.1, -0.05) is 29.8 Å². The van der Waals surface area contributed by atoms with Crippen molar-refractivity contribution < 1.29 is 13.2 Å². The standard InChI is InChI=1S/C18H21NO3S2/c1-3-22-16-8-10-17(11-9-16)24(20,21)19-12-13-23-18(19)15-6-4-14(2)5-7-15/h4-11,18H,3,12-13H2,1-2H3/t18-/m1/s1. The minimum Gasteiger partial charge on any atom is -0.494 e. The van der Waals surface area contributed by atoms with Gasteiger partial charge in [-0.25, -0.2) is 8.42 Å². The Kier molecular flexibility index (Phi) is 5.18. The predicted octanol–water partition coefficient (Wildman–Crippen LogP) is 3.83. The molecule has 0 bridgehead atoms. The van der Waals surface area contributed by atoms with Gasteiger partial charge >= 0.3 is 0 Å². The van der Waals surface area contributed by atoms with Crippen LogP contribution in [0.3, 0.4) is 0 Å². The van der Waals surface area contributed by atoms with Crippen molar-refractivity contribution in [3.8, 4) is 5.75 Å². The van der Waals surface area contributed by atoms with Crippen LogP contribution in [0.25, 0.3) is 0 Å². The second-order valence-corrected chi connectivity index (χ2v) is 8.73. The lowest BCUT2D eigenvalue weighted by atomic mass is 10.1. The number of aryl methyl sites for hydroxylation is 1. The summed E-state index contributed by atoms with van der Waals surface area (Å²) >= 11 is 1.66. The smallest absolute Gasteiger partial charge is 0.244 e. The van der Waals surface area contributed by atoms with Crippen LogP contribution in [0.4, 0.5) is 0 Å². The largest absolute Gasteiger partial charge is 0.494 e. The molecule has 1 saturated heterocycles. The Morgan fingerprint density at radius 2 is 1.79 bits per heavy atom. The van der Waals surface area contributed by atoms with Crippen LogP contribution in [0.5, 0.6) is 5.75 Å². The Morgan fingerprint density at radius 1 is 1.12 bits per heavy atom. The van der Waals surface area contributed by atoms with E-state index in [1.807, 2.05) is 38.1 Å². The molecule has 1 atom stereocenters. The lowest BCUT2D eigenvalue weighted by Crippen LogP contribution is -2.30. The summed E-state index contributed by atoms with van der Waals surface area (Å²) in [5, 5.41) is -0.165. The van der Waals surface area contributed by atoms with Gasteiger partial charge in [0.15, 0.2) is 0 Å². The van der Waals surface area contributed by atoms with E-state index >= 15 is 0 Å². The van der Waals surface area contributed by atoms with E-state index < -0.39 is 10.0 Å². The maximum Gasteiger partial charge on any atom is 0.244 e. The zero-order chi connectivity index (χ0) is 17.2. The zero-order valence-corrected chi connectivity index (χ0v) is 15.4. The minimum absolute atomic E-state index is 0.165. The lowest BCUT2D eigenvalue weighted by molar-refractivity contribution is 0.340. The van der Waals surface area contributed by atoms with Gasteiger partial charge in [0.25, 0.3) is 0 Å². The maximum atomic E-state index is 13.0. The molecule has 0 unspecified atom stereocenters. The molecule has 0 N–H and O–H groups in total. The van der Waals surface area contributed by atoms with E-state index in [-0.39, 0.29) is 5.37 Å². The monoisotopic (exact) mass is 363 g/mol. The first-order chi connectivity index (χ1) is 11.5. The van der Waals surface area contributed by atoms with Crippen molar-refractivity contribution in [3.63, 3.8) is 0 Å². The molecule has 1 aliphatic rings. The summed E-state index contributed by atoms with van der Waals surface area (Å²) < 4.78 is 33.0. The van der Waals surface area contributed by atoms with Crippen LogP contribution >= 0.6 is 11.8 Å². The van der Waals surface area contributed by atoms with Crippen molar-refractivity contribution in [1.82, 2.24) is 4.31 Å². The van der Waals surface area contributed by atoms with Gasteiger partial charge in [-0.15, -0.1) is 11.8 Å². The maximum absolute atomic E-state index is 13.0. The van der Waals surface area contributed by atoms with Crippen LogP contribution in [0.2, 0.25) is 0 Å². The van der Waals surface area contributed by atoms with Crippen molar-refractivity contribution in [1.29, 1.82) is 0 Å². The SMILES string of the molecule is CCOc1ccc(S(=O)(=O)N2CCS[C@@H]2c2ccc(C)cc2)cc1. The first-order valence-electron chi connectivity index (χ1n) is 7.95. The summed E-state index contributed by atoms with van der Waals surface area (Å²) in [5.41, 5.74) is 2.19. The molecule has 1 heterocycles. The third kappa shape index (κ3) is 3.45. The highest BCUT2D eigenvalue weighted by Crippen LogP contribution is 2.41. The molecule has 0 aliphatic carbocycles. The number of hydrogen-bond acceptors (Lipinski definition) is 4. The van der Waals surface area contributed by atoms with Gasteiger partial charge in [-0.2, -0.15) is 4.31 Å². The highest BCUT2D eigenvalue weighted by atomic mass is 32.2. The van der Waals surface area contributed by atoms with Crippen LogP contribution < -0.4 is 4.74 Å². The average Bonchev–Trinajstić information content (AvgIpc) is 3.07. The second-order valence-electron chi connectivity index (χ2n) is 5.65. The van der Waals surface area contributed by atoms with Gasteiger partial charge in [0, 0.05) is 12.3 Å². The van der Waals surface area contributed by atoms with Crippen LogP contribution in [0, 0.1) is 6.92 Å². The Morgan fingerprint density at radius 3 is 2.42 bits per heavy atom. The Bertz CT molecular complexity index is 786. The minimum atomic E-state index is -3.52. The van der Waals surface area contributed by atoms with E-state index in [1.165, 1.54) is 5.56 Å². The normalized spacial score (nSPS) is 18.7. The van der Waals surface area contributed by atoms with Gasteiger partial charge in [0.1, 0.15) is 5.75 Å². The van der Waals surface area contributed by atoms with E-state index in [2.05, 4.69) is 0 Å². The van der Waals surface area contributed by atoms with E-state index in [0.29, 0.717) is 23.8 Å². The molecular formula is C18H21NO3S2. The number of sulfonamides is 1. The topological polar surface area (TPSA) is 46.6 Å². The molecule has 0 aromatic heterocycles. The third-order valence-electron chi connectivity index (χ3n) is 3.95. The summed E-state index contributed by atoms with van der Waals surface area (Å²) in [7, 11) is -3.52. The molecule has 3 rings (SSSR count). The number of rotatable bonds is 5. The first kappa shape index (κ1) is 17.3. The quantitative estimate of drug-likeness (QED) is 0.810. The molecule has 2 aromatic rings. The predicted molar refractivity (Wildman–Crippen MR) is 97.9 cm³/mol. The molecule has 0 radical (unpaired) electrons. The molecule has 0 saturated carbocycles. The van der Waals surface area contributed by atoms with Crippen molar-refractivity contribution in [2.75, 3.05) is 18.9 Å². The van der Waals surface area contributed by atoms with Gasteiger partial charge in [0.05, 0.1) is 16.9 Å². The molecule has 0 amide bonds. The van der Waals surface area contributed by atoms with Crippen LogP contribution in [0.15, 0.2) is 53.4 Å². The Balaban J connectivity index is 1.88. The zero-order valence-electron chi connectivity index (χ0n) is 13.8.